The summed E-state index contributed by atoms with van der Waals surface area (Å²) in [6.45, 7) is 2.24. The van der Waals surface area contributed by atoms with Crippen LogP contribution in [0.25, 0.3) is 22.3 Å². The molecule has 0 bridgehead atoms. The molecule has 0 spiro atoms. The van der Waals surface area contributed by atoms with E-state index < -0.39 is 0 Å². The molecule has 3 aromatic rings. The lowest BCUT2D eigenvalue weighted by molar-refractivity contribution is 0.574. The Morgan fingerprint density at radius 2 is 1.46 bits per heavy atom. The highest BCUT2D eigenvalue weighted by molar-refractivity contribution is 5.80. The number of anilines is 1. The van der Waals surface area contributed by atoms with Gasteiger partial charge in [-0.15, -0.1) is 0 Å². The lowest BCUT2D eigenvalue weighted by Crippen LogP contribution is -2.03. The van der Waals surface area contributed by atoms with E-state index in [-0.39, 0.29) is 5.82 Å². The lowest BCUT2D eigenvalue weighted by atomic mass is 10.1. The highest BCUT2D eigenvalue weighted by Gasteiger charge is 2.10. The Balaban J connectivity index is 1.68. The van der Waals surface area contributed by atoms with Crippen LogP contribution in [0.3, 0.4) is 0 Å². The third kappa shape index (κ3) is 5.47. The number of hydrogen-bond acceptors (Lipinski definition) is 4. The molecule has 2 heterocycles. The molecule has 2 aromatic heterocycles. The highest BCUT2D eigenvalue weighted by atomic mass is 19.1. The van der Waals surface area contributed by atoms with Crippen molar-refractivity contribution >= 4 is 17.0 Å². The standard InChI is InChI=1S/C23H29FN4/c1-2-3-4-5-6-7-8-9-10-20-22-21(28-23(25)27-20)16-15-19(26-22)17-11-13-18(24)14-12-17/h11-16H,2-10H2,1H3,(H2,25,27,28). The van der Waals surface area contributed by atoms with Crippen LogP contribution in [-0.2, 0) is 6.42 Å². The number of nitrogens with two attached hydrogens (primary N) is 1. The molecule has 5 heteroatoms. The van der Waals surface area contributed by atoms with Crippen molar-refractivity contribution in [2.45, 2.75) is 64.7 Å². The molecule has 0 atom stereocenters. The maximum absolute atomic E-state index is 13.2. The van der Waals surface area contributed by atoms with E-state index in [4.69, 9.17) is 10.7 Å². The first-order valence-electron chi connectivity index (χ1n) is 10.4. The van der Waals surface area contributed by atoms with Crippen LogP contribution >= 0.6 is 0 Å². The first kappa shape index (κ1) is 20.2. The number of nitrogens with zero attached hydrogens (tertiary/aromatic N) is 3. The minimum absolute atomic E-state index is 0.254. The van der Waals surface area contributed by atoms with Crippen LogP contribution in [0.2, 0.25) is 0 Å². The van der Waals surface area contributed by atoms with Gasteiger partial charge in [0.15, 0.2) is 0 Å². The van der Waals surface area contributed by atoms with Gasteiger partial charge in [-0.3, -0.25) is 0 Å². The Morgan fingerprint density at radius 1 is 0.786 bits per heavy atom. The number of hydrogen-bond donors (Lipinski definition) is 1. The quantitative estimate of drug-likeness (QED) is 0.432. The van der Waals surface area contributed by atoms with Gasteiger partial charge < -0.3 is 5.73 Å². The van der Waals surface area contributed by atoms with Crippen molar-refractivity contribution in [2.24, 2.45) is 0 Å². The second-order valence-corrected chi connectivity index (χ2v) is 7.32. The highest BCUT2D eigenvalue weighted by Crippen LogP contribution is 2.23. The van der Waals surface area contributed by atoms with Crippen molar-refractivity contribution in [1.29, 1.82) is 0 Å². The molecule has 2 N–H and O–H groups in total. The first-order chi connectivity index (χ1) is 13.7. The molecule has 1 aromatic carbocycles. The van der Waals surface area contributed by atoms with Crippen molar-refractivity contribution < 1.29 is 4.39 Å². The molecular formula is C23H29FN4. The number of fused-ring (bicyclic) bond motifs is 1. The molecule has 0 aliphatic carbocycles. The summed E-state index contributed by atoms with van der Waals surface area (Å²) in [5, 5.41) is 0. The molecule has 4 nitrogen and oxygen atoms in total. The Labute approximate surface area is 166 Å². The molecule has 0 unspecified atom stereocenters. The molecule has 3 rings (SSSR count). The van der Waals surface area contributed by atoms with E-state index in [1.54, 1.807) is 12.1 Å². The molecule has 0 saturated heterocycles. The normalized spacial score (nSPS) is 11.2. The minimum atomic E-state index is -0.254. The zero-order valence-corrected chi connectivity index (χ0v) is 16.6. The predicted octanol–water partition coefficient (Wildman–Crippen LogP) is 6.10. The van der Waals surface area contributed by atoms with E-state index in [0.717, 1.165) is 40.8 Å². The van der Waals surface area contributed by atoms with Crippen LogP contribution in [0.15, 0.2) is 36.4 Å². The zero-order valence-electron chi connectivity index (χ0n) is 16.6. The predicted molar refractivity (Wildman–Crippen MR) is 113 cm³/mol. The van der Waals surface area contributed by atoms with Gasteiger partial charge in [-0.1, -0.05) is 51.9 Å². The van der Waals surface area contributed by atoms with Crippen molar-refractivity contribution in [1.82, 2.24) is 15.0 Å². The van der Waals surface area contributed by atoms with Crippen molar-refractivity contribution in [2.75, 3.05) is 5.73 Å². The summed E-state index contributed by atoms with van der Waals surface area (Å²) in [5.41, 5.74) is 10.0. The molecule has 28 heavy (non-hydrogen) atoms. The second kappa shape index (κ2) is 10.1. The summed E-state index contributed by atoms with van der Waals surface area (Å²) < 4.78 is 13.2. The average Bonchev–Trinajstić information content (AvgIpc) is 2.70. The Hall–Kier alpha value is -2.56. The Bertz CT molecular complexity index is 893. The van der Waals surface area contributed by atoms with Gasteiger partial charge in [0.1, 0.15) is 11.3 Å². The van der Waals surface area contributed by atoms with Crippen molar-refractivity contribution in [3.63, 3.8) is 0 Å². The van der Waals surface area contributed by atoms with E-state index in [9.17, 15) is 4.39 Å². The fourth-order valence-corrected chi connectivity index (χ4v) is 3.48. The second-order valence-electron chi connectivity index (χ2n) is 7.32. The van der Waals surface area contributed by atoms with Crippen LogP contribution in [0.1, 0.15) is 64.0 Å². The van der Waals surface area contributed by atoms with Gasteiger partial charge in [-0.25, -0.2) is 19.3 Å². The molecule has 0 radical (unpaired) electrons. The smallest absolute Gasteiger partial charge is 0.220 e. The molecular weight excluding hydrogens is 351 g/mol. The number of rotatable bonds is 10. The number of pyridine rings is 1. The third-order valence-electron chi connectivity index (χ3n) is 5.04. The van der Waals surface area contributed by atoms with Crippen molar-refractivity contribution in [3.05, 3.63) is 47.9 Å². The van der Waals surface area contributed by atoms with E-state index >= 15 is 0 Å². The number of benzene rings is 1. The van der Waals surface area contributed by atoms with Crippen molar-refractivity contribution in [3.8, 4) is 11.3 Å². The number of aryl methyl sites for hydroxylation is 1. The van der Waals surface area contributed by atoms with E-state index in [1.165, 1.54) is 57.1 Å². The van der Waals surface area contributed by atoms with Gasteiger partial charge in [-0.05, 0) is 49.2 Å². The van der Waals surface area contributed by atoms with E-state index in [0.29, 0.717) is 5.95 Å². The van der Waals surface area contributed by atoms with Gasteiger partial charge in [0.2, 0.25) is 5.95 Å². The van der Waals surface area contributed by atoms with Crippen LogP contribution in [0.5, 0.6) is 0 Å². The average molecular weight is 381 g/mol. The van der Waals surface area contributed by atoms with Gasteiger partial charge >= 0.3 is 0 Å². The van der Waals surface area contributed by atoms with E-state index in [2.05, 4.69) is 16.9 Å². The summed E-state index contributed by atoms with van der Waals surface area (Å²) in [6.07, 6.45) is 11.0. The molecule has 0 fully saturated rings. The minimum Gasteiger partial charge on any atom is -0.368 e. The molecule has 0 aliphatic heterocycles. The topological polar surface area (TPSA) is 64.7 Å². The van der Waals surface area contributed by atoms with Crippen LogP contribution < -0.4 is 5.73 Å². The largest absolute Gasteiger partial charge is 0.368 e. The SMILES string of the molecule is CCCCCCCCCCc1nc(N)nc2ccc(-c3ccc(F)cc3)nc12. The molecule has 0 aliphatic rings. The third-order valence-corrected chi connectivity index (χ3v) is 5.04. The number of nitrogen functional groups attached to an aromatic ring is 1. The maximum Gasteiger partial charge on any atom is 0.220 e. The first-order valence-corrected chi connectivity index (χ1v) is 10.4. The maximum atomic E-state index is 13.2. The number of aromatic nitrogens is 3. The van der Waals surface area contributed by atoms with Gasteiger partial charge in [-0.2, -0.15) is 0 Å². The van der Waals surface area contributed by atoms with Crippen LogP contribution in [0, 0.1) is 5.82 Å². The van der Waals surface area contributed by atoms with E-state index in [1.807, 2.05) is 12.1 Å². The van der Waals surface area contributed by atoms with Gasteiger partial charge in [0, 0.05) is 5.56 Å². The number of unbranched alkanes of at least 4 members (excludes halogenated alkanes) is 7. The summed E-state index contributed by atoms with van der Waals surface area (Å²) in [4.78, 5) is 13.5. The fourth-order valence-electron chi connectivity index (χ4n) is 3.48. The fraction of sp³-hybridized carbons (Fsp3) is 0.435. The summed E-state index contributed by atoms with van der Waals surface area (Å²) in [5.74, 6) is 0.0365. The molecule has 0 saturated carbocycles. The monoisotopic (exact) mass is 380 g/mol. The summed E-state index contributed by atoms with van der Waals surface area (Å²) in [6, 6.07) is 10.2. The van der Waals surface area contributed by atoms with Gasteiger partial charge in [0.25, 0.3) is 0 Å². The summed E-state index contributed by atoms with van der Waals surface area (Å²) >= 11 is 0. The Kier molecular flexibility index (Phi) is 7.29. The van der Waals surface area contributed by atoms with Gasteiger partial charge in [0.05, 0.1) is 16.9 Å². The molecule has 0 amide bonds. The Morgan fingerprint density at radius 3 is 2.18 bits per heavy atom. The summed E-state index contributed by atoms with van der Waals surface area (Å²) in [7, 11) is 0. The molecule has 148 valence electrons. The lowest BCUT2D eigenvalue weighted by Gasteiger charge is -2.08. The van der Waals surface area contributed by atoms with Crippen LogP contribution in [0.4, 0.5) is 10.3 Å². The van der Waals surface area contributed by atoms with Crippen LogP contribution in [-0.4, -0.2) is 15.0 Å². The number of halogens is 1. The zero-order chi connectivity index (χ0) is 19.8.